The van der Waals surface area contributed by atoms with Crippen molar-refractivity contribution < 1.29 is 9.53 Å². The quantitative estimate of drug-likeness (QED) is 0.771. The summed E-state index contributed by atoms with van der Waals surface area (Å²) in [7, 11) is 0. The number of hydrogen-bond acceptors (Lipinski definition) is 3. The van der Waals surface area contributed by atoms with Gasteiger partial charge in [-0.1, -0.05) is 19.1 Å². The maximum atomic E-state index is 11.7. The molecule has 2 unspecified atom stereocenters. The smallest absolute Gasteiger partial charge is 0.407 e. The Morgan fingerprint density at radius 2 is 2.05 bits per heavy atom. The lowest BCUT2D eigenvalue weighted by Crippen LogP contribution is -2.46. The van der Waals surface area contributed by atoms with Crippen molar-refractivity contribution in [2.24, 2.45) is 17.1 Å². The van der Waals surface area contributed by atoms with Crippen LogP contribution in [0, 0.1) is 11.3 Å². The monoisotopic (exact) mass is 268 g/mol. The lowest BCUT2D eigenvalue weighted by Gasteiger charge is -2.38. The Morgan fingerprint density at radius 3 is 2.53 bits per heavy atom. The molecule has 4 heteroatoms. The van der Waals surface area contributed by atoms with E-state index in [4.69, 9.17) is 10.5 Å². The van der Waals surface area contributed by atoms with Crippen molar-refractivity contribution in [1.82, 2.24) is 5.32 Å². The Balaban J connectivity index is 2.51. The van der Waals surface area contributed by atoms with Gasteiger partial charge in [0.1, 0.15) is 5.60 Å². The van der Waals surface area contributed by atoms with Crippen molar-refractivity contribution in [2.45, 2.75) is 52.6 Å². The average molecular weight is 268 g/mol. The Bertz CT molecular complexity index is 334. The van der Waals surface area contributed by atoms with E-state index in [1.54, 1.807) is 0 Å². The molecular formula is C15H28N2O2. The minimum absolute atomic E-state index is 0.0678. The second kappa shape index (κ2) is 6.42. The average Bonchev–Trinajstić information content (AvgIpc) is 2.35. The predicted molar refractivity (Wildman–Crippen MR) is 77.9 cm³/mol. The van der Waals surface area contributed by atoms with Gasteiger partial charge in [0.2, 0.25) is 0 Å². The molecule has 2 atom stereocenters. The third-order valence-corrected chi connectivity index (χ3v) is 3.76. The lowest BCUT2D eigenvalue weighted by atomic mass is 9.71. The molecule has 0 aromatic heterocycles. The number of rotatable bonds is 4. The molecule has 0 aromatic carbocycles. The van der Waals surface area contributed by atoms with E-state index in [0.717, 1.165) is 19.3 Å². The Kier molecular flexibility index (Phi) is 5.41. The minimum atomic E-state index is -0.462. The van der Waals surface area contributed by atoms with E-state index < -0.39 is 5.60 Å². The van der Waals surface area contributed by atoms with E-state index in [0.29, 0.717) is 19.0 Å². The predicted octanol–water partition coefficient (Wildman–Crippen LogP) is 2.83. The molecule has 4 nitrogen and oxygen atoms in total. The standard InChI is InChI=1S/C15H28N2O2/c1-14(2,3)19-13(18)17-11-15(4,10-16)12-8-6-5-7-9-12/h5-6,12H,7-11,16H2,1-4H3,(H,17,18). The van der Waals surface area contributed by atoms with E-state index in [-0.39, 0.29) is 11.5 Å². The molecule has 0 aliphatic heterocycles. The van der Waals surface area contributed by atoms with E-state index in [1.807, 2.05) is 20.8 Å². The van der Waals surface area contributed by atoms with Crippen LogP contribution in [0.2, 0.25) is 0 Å². The molecule has 0 saturated carbocycles. The molecule has 1 rings (SSSR count). The Hall–Kier alpha value is -1.03. The van der Waals surface area contributed by atoms with Gasteiger partial charge in [0, 0.05) is 12.0 Å². The lowest BCUT2D eigenvalue weighted by molar-refractivity contribution is 0.0481. The van der Waals surface area contributed by atoms with Gasteiger partial charge in [0.15, 0.2) is 0 Å². The van der Waals surface area contributed by atoms with E-state index in [9.17, 15) is 4.79 Å². The van der Waals surface area contributed by atoms with Gasteiger partial charge in [0.25, 0.3) is 0 Å². The molecule has 1 aliphatic rings. The topological polar surface area (TPSA) is 64.3 Å². The molecule has 0 heterocycles. The van der Waals surface area contributed by atoms with E-state index in [2.05, 4.69) is 24.4 Å². The first-order valence-corrected chi connectivity index (χ1v) is 7.09. The van der Waals surface area contributed by atoms with Crippen molar-refractivity contribution in [3.63, 3.8) is 0 Å². The van der Waals surface area contributed by atoms with Crippen LogP contribution in [-0.2, 0) is 4.74 Å². The largest absolute Gasteiger partial charge is 0.444 e. The summed E-state index contributed by atoms with van der Waals surface area (Å²) < 4.78 is 5.26. The van der Waals surface area contributed by atoms with Gasteiger partial charge in [0.05, 0.1) is 0 Å². The summed E-state index contributed by atoms with van der Waals surface area (Å²) in [6.07, 6.45) is 7.36. The first kappa shape index (κ1) is 16.0. The van der Waals surface area contributed by atoms with Crippen LogP contribution in [0.5, 0.6) is 0 Å². The first-order chi connectivity index (χ1) is 8.77. The van der Waals surface area contributed by atoms with Gasteiger partial charge in [-0.3, -0.25) is 0 Å². The summed E-state index contributed by atoms with van der Waals surface area (Å²) in [5.41, 5.74) is 5.41. The summed E-state index contributed by atoms with van der Waals surface area (Å²) in [5.74, 6) is 0.525. The highest BCUT2D eigenvalue weighted by Crippen LogP contribution is 2.35. The molecule has 0 bridgehead atoms. The van der Waals surface area contributed by atoms with Crippen molar-refractivity contribution in [3.8, 4) is 0 Å². The van der Waals surface area contributed by atoms with Gasteiger partial charge in [-0.05, 0) is 52.5 Å². The van der Waals surface area contributed by atoms with Crippen LogP contribution in [-0.4, -0.2) is 24.8 Å². The molecule has 0 aromatic rings. The zero-order valence-corrected chi connectivity index (χ0v) is 12.7. The number of ether oxygens (including phenoxy) is 1. The van der Waals surface area contributed by atoms with Crippen molar-refractivity contribution >= 4 is 6.09 Å². The number of carbonyl (C=O) groups is 1. The highest BCUT2D eigenvalue weighted by Gasteiger charge is 2.33. The van der Waals surface area contributed by atoms with E-state index >= 15 is 0 Å². The summed E-state index contributed by atoms with van der Waals surface area (Å²) in [6.45, 7) is 8.87. The molecule has 110 valence electrons. The Morgan fingerprint density at radius 1 is 1.37 bits per heavy atom. The van der Waals surface area contributed by atoms with Crippen LogP contribution in [0.15, 0.2) is 12.2 Å². The molecule has 19 heavy (non-hydrogen) atoms. The van der Waals surface area contributed by atoms with Crippen LogP contribution in [0.1, 0.15) is 47.0 Å². The highest BCUT2D eigenvalue weighted by atomic mass is 16.6. The van der Waals surface area contributed by atoms with Crippen LogP contribution in [0.25, 0.3) is 0 Å². The number of amides is 1. The molecule has 0 spiro atoms. The third kappa shape index (κ3) is 5.23. The number of hydrogen-bond donors (Lipinski definition) is 2. The summed E-state index contributed by atoms with van der Waals surface area (Å²) in [6, 6.07) is 0. The molecule has 0 radical (unpaired) electrons. The maximum absolute atomic E-state index is 11.7. The molecule has 0 fully saturated rings. The molecule has 1 aliphatic carbocycles. The van der Waals surface area contributed by atoms with Crippen LogP contribution < -0.4 is 11.1 Å². The molecule has 0 saturated heterocycles. The van der Waals surface area contributed by atoms with Crippen molar-refractivity contribution in [1.29, 1.82) is 0 Å². The second-order valence-electron chi connectivity index (χ2n) is 6.69. The molecule has 3 N–H and O–H groups in total. The van der Waals surface area contributed by atoms with Crippen molar-refractivity contribution in [2.75, 3.05) is 13.1 Å². The van der Waals surface area contributed by atoms with Gasteiger partial charge in [-0.15, -0.1) is 0 Å². The van der Waals surface area contributed by atoms with Crippen LogP contribution >= 0.6 is 0 Å². The fraction of sp³-hybridized carbons (Fsp3) is 0.800. The summed E-state index contributed by atoms with van der Waals surface area (Å²) in [5, 5.41) is 2.86. The zero-order chi connectivity index (χ0) is 14.5. The number of nitrogens with one attached hydrogen (secondary N) is 1. The van der Waals surface area contributed by atoms with E-state index in [1.165, 1.54) is 0 Å². The maximum Gasteiger partial charge on any atom is 0.407 e. The van der Waals surface area contributed by atoms with Crippen LogP contribution in [0.3, 0.4) is 0 Å². The molecular weight excluding hydrogens is 240 g/mol. The zero-order valence-electron chi connectivity index (χ0n) is 12.7. The van der Waals surface area contributed by atoms with Gasteiger partial charge >= 0.3 is 6.09 Å². The Labute approximate surface area is 116 Å². The molecule has 1 amide bonds. The summed E-state index contributed by atoms with van der Waals surface area (Å²) in [4.78, 5) is 11.7. The number of allylic oxidation sites excluding steroid dienone is 2. The number of alkyl carbamates (subject to hydrolysis) is 1. The van der Waals surface area contributed by atoms with Gasteiger partial charge in [-0.25, -0.2) is 4.79 Å². The van der Waals surface area contributed by atoms with Gasteiger partial charge in [-0.2, -0.15) is 0 Å². The number of carbonyl (C=O) groups excluding carboxylic acids is 1. The van der Waals surface area contributed by atoms with Gasteiger partial charge < -0.3 is 15.8 Å². The van der Waals surface area contributed by atoms with Crippen LogP contribution in [0.4, 0.5) is 4.79 Å². The normalized spacial score (nSPS) is 22.7. The fourth-order valence-corrected chi connectivity index (χ4v) is 2.40. The SMILES string of the molecule is CC(C)(C)OC(=O)NCC(C)(CN)C1CC=CCC1. The summed E-state index contributed by atoms with van der Waals surface area (Å²) >= 11 is 0. The van der Waals surface area contributed by atoms with Crippen molar-refractivity contribution in [3.05, 3.63) is 12.2 Å². The second-order valence-corrected chi connectivity index (χ2v) is 6.69. The number of nitrogens with two attached hydrogens (primary N) is 1. The third-order valence-electron chi connectivity index (χ3n) is 3.76. The highest BCUT2D eigenvalue weighted by molar-refractivity contribution is 5.67. The first-order valence-electron chi connectivity index (χ1n) is 7.09. The fourth-order valence-electron chi connectivity index (χ4n) is 2.40. The minimum Gasteiger partial charge on any atom is -0.444 e.